The summed E-state index contributed by atoms with van der Waals surface area (Å²) < 4.78 is 32.6. The summed E-state index contributed by atoms with van der Waals surface area (Å²) in [5, 5.41) is 0. The van der Waals surface area contributed by atoms with Gasteiger partial charge in [-0.3, -0.25) is 0 Å². The van der Waals surface area contributed by atoms with Crippen molar-refractivity contribution >= 4 is 10.0 Å². The van der Waals surface area contributed by atoms with Crippen molar-refractivity contribution in [1.82, 2.24) is 9.62 Å². The lowest BCUT2D eigenvalue weighted by Gasteiger charge is -2.10. The number of sulfonamides is 1. The van der Waals surface area contributed by atoms with Crippen molar-refractivity contribution in [2.75, 3.05) is 27.2 Å². The van der Waals surface area contributed by atoms with Crippen LogP contribution >= 0.6 is 0 Å². The van der Waals surface area contributed by atoms with E-state index in [4.69, 9.17) is 10.2 Å². The molecule has 0 spiro atoms. The van der Waals surface area contributed by atoms with Gasteiger partial charge in [0.1, 0.15) is 16.4 Å². The first kappa shape index (κ1) is 17.2. The van der Waals surface area contributed by atoms with Gasteiger partial charge in [-0.25, -0.2) is 13.1 Å². The molecule has 1 heterocycles. The van der Waals surface area contributed by atoms with Gasteiger partial charge in [0.25, 0.3) is 0 Å². The predicted octanol–water partition coefficient (Wildman–Crippen LogP) is 0.975. The number of hydrogen-bond acceptors (Lipinski definition) is 5. The molecule has 20 heavy (non-hydrogen) atoms. The molecular weight excluding hydrogens is 278 g/mol. The molecule has 0 aliphatic carbocycles. The highest BCUT2D eigenvalue weighted by atomic mass is 32.2. The van der Waals surface area contributed by atoms with Crippen LogP contribution in [0.4, 0.5) is 0 Å². The van der Waals surface area contributed by atoms with Crippen LogP contribution < -0.4 is 10.5 Å². The van der Waals surface area contributed by atoms with Crippen LogP contribution in [0.5, 0.6) is 0 Å². The number of unbranched alkanes of at least 4 members (excludes halogenated alkanes) is 1. The van der Waals surface area contributed by atoms with Crippen LogP contribution in [0.2, 0.25) is 0 Å². The molecule has 116 valence electrons. The van der Waals surface area contributed by atoms with E-state index in [1.165, 1.54) is 0 Å². The number of nitrogens with two attached hydrogens (primary N) is 1. The lowest BCUT2D eigenvalue weighted by molar-refractivity contribution is 0.394. The molecule has 1 aromatic rings. The SMILES string of the molecule is Cc1oc(C)c(S(=O)(=O)NCCCCN(C)C)c1CN. The summed E-state index contributed by atoms with van der Waals surface area (Å²) in [7, 11) is 0.440. The van der Waals surface area contributed by atoms with Crippen LogP contribution in [0.3, 0.4) is 0 Å². The molecule has 1 rings (SSSR count). The van der Waals surface area contributed by atoms with Crippen molar-refractivity contribution in [3.05, 3.63) is 17.1 Å². The molecule has 0 atom stereocenters. The first-order valence-corrected chi connectivity index (χ1v) is 8.21. The molecule has 0 aliphatic heterocycles. The Morgan fingerprint density at radius 1 is 1.20 bits per heavy atom. The third-order valence-electron chi connectivity index (χ3n) is 3.12. The maximum absolute atomic E-state index is 12.3. The highest BCUT2D eigenvalue weighted by Crippen LogP contribution is 2.25. The van der Waals surface area contributed by atoms with Crippen LogP contribution in [-0.2, 0) is 16.6 Å². The van der Waals surface area contributed by atoms with Crippen LogP contribution in [0, 0.1) is 13.8 Å². The van der Waals surface area contributed by atoms with Crippen LogP contribution in [-0.4, -0.2) is 40.5 Å². The molecule has 0 radical (unpaired) electrons. The van der Waals surface area contributed by atoms with Gasteiger partial charge in [-0.2, -0.15) is 0 Å². The Morgan fingerprint density at radius 3 is 2.40 bits per heavy atom. The Labute approximate surface area is 121 Å². The van der Waals surface area contributed by atoms with E-state index in [9.17, 15) is 8.42 Å². The van der Waals surface area contributed by atoms with Crippen molar-refractivity contribution < 1.29 is 12.8 Å². The standard InChI is InChI=1S/C13H25N3O3S/c1-10-12(9-14)13(11(2)19-10)20(17,18)15-7-5-6-8-16(3)4/h15H,5-9,14H2,1-4H3. The lowest BCUT2D eigenvalue weighted by Crippen LogP contribution is -2.27. The Bertz CT molecular complexity index is 535. The summed E-state index contributed by atoms with van der Waals surface area (Å²) >= 11 is 0. The van der Waals surface area contributed by atoms with Crippen molar-refractivity contribution in [3.63, 3.8) is 0 Å². The molecule has 1 aromatic heterocycles. The second kappa shape index (κ2) is 7.21. The molecule has 0 aromatic carbocycles. The molecule has 3 N–H and O–H groups in total. The largest absolute Gasteiger partial charge is 0.465 e. The number of aryl methyl sites for hydroxylation is 2. The van der Waals surface area contributed by atoms with Gasteiger partial charge in [-0.05, 0) is 47.3 Å². The van der Waals surface area contributed by atoms with E-state index in [1.807, 2.05) is 14.1 Å². The molecule has 0 bridgehead atoms. The second-order valence-electron chi connectivity index (χ2n) is 5.13. The molecule has 0 saturated carbocycles. The summed E-state index contributed by atoms with van der Waals surface area (Å²) in [5.74, 6) is 0.960. The number of furan rings is 1. The third-order valence-corrected chi connectivity index (χ3v) is 4.78. The van der Waals surface area contributed by atoms with E-state index in [0.717, 1.165) is 19.4 Å². The monoisotopic (exact) mass is 303 g/mol. The molecular formula is C13H25N3O3S. The summed E-state index contributed by atoms with van der Waals surface area (Å²) in [5.41, 5.74) is 6.17. The van der Waals surface area contributed by atoms with Gasteiger partial charge >= 0.3 is 0 Å². The Balaban J connectivity index is 2.70. The molecule has 0 unspecified atom stereocenters. The topological polar surface area (TPSA) is 88.6 Å². The number of rotatable bonds is 8. The number of nitrogens with zero attached hydrogens (tertiary/aromatic N) is 1. The first-order chi connectivity index (χ1) is 9.29. The maximum Gasteiger partial charge on any atom is 0.244 e. The van der Waals surface area contributed by atoms with Crippen LogP contribution in [0.15, 0.2) is 9.31 Å². The van der Waals surface area contributed by atoms with E-state index < -0.39 is 10.0 Å². The highest BCUT2D eigenvalue weighted by molar-refractivity contribution is 7.89. The fourth-order valence-corrected chi connectivity index (χ4v) is 3.66. The highest BCUT2D eigenvalue weighted by Gasteiger charge is 2.25. The van der Waals surface area contributed by atoms with Gasteiger partial charge in [0, 0.05) is 18.7 Å². The predicted molar refractivity (Wildman–Crippen MR) is 79.0 cm³/mol. The minimum absolute atomic E-state index is 0.153. The summed E-state index contributed by atoms with van der Waals surface area (Å²) in [6.45, 7) is 4.89. The van der Waals surface area contributed by atoms with Gasteiger partial charge in [0.2, 0.25) is 10.0 Å². The Kier molecular flexibility index (Phi) is 6.19. The van der Waals surface area contributed by atoms with Crippen LogP contribution in [0.25, 0.3) is 0 Å². The molecule has 0 aliphatic rings. The van der Waals surface area contributed by atoms with E-state index >= 15 is 0 Å². The number of hydrogen-bond donors (Lipinski definition) is 2. The quantitative estimate of drug-likeness (QED) is 0.699. The Morgan fingerprint density at radius 2 is 1.85 bits per heavy atom. The van der Waals surface area contributed by atoms with E-state index in [0.29, 0.717) is 23.6 Å². The molecule has 6 nitrogen and oxygen atoms in total. The molecule has 7 heteroatoms. The van der Waals surface area contributed by atoms with Gasteiger partial charge in [0.15, 0.2) is 0 Å². The van der Waals surface area contributed by atoms with Gasteiger partial charge < -0.3 is 15.1 Å². The summed E-state index contributed by atoms with van der Waals surface area (Å²) in [6.07, 6.45) is 1.74. The average molecular weight is 303 g/mol. The zero-order chi connectivity index (χ0) is 15.3. The average Bonchev–Trinajstić information content (AvgIpc) is 2.63. The van der Waals surface area contributed by atoms with E-state index in [-0.39, 0.29) is 11.4 Å². The fourth-order valence-electron chi connectivity index (χ4n) is 2.13. The lowest BCUT2D eigenvalue weighted by atomic mass is 10.2. The molecule has 0 amide bonds. The molecule has 0 fully saturated rings. The third kappa shape index (κ3) is 4.31. The fraction of sp³-hybridized carbons (Fsp3) is 0.692. The summed E-state index contributed by atoms with van der Waals surface area (Å²) in [4.78, 5) is 2.27. The zero-order valence-corrected chi connectivity index (χ0v) is 13.5. The van der Waals surface area contributed by atoms with E-state index in [1.54, 1.807) is 13.8 Å². The smallest absolute Gasteiger partial charge is 0.244 e. The normalized spacial score (nSPS) is 12.3. The first-order valence-electron chi connectivity index (χ1n) is 6.73. The summed E-state index contributed by atoms with van der Waals surface area (Å²) in [6, 6.07) is 0. The zero-order valence-electron chi connectivity index (χ0n) is 12.7. The number of nitrogens with one attached hydrogen (secondary N) is 1. The van der Waals surface area contributed by atoms with Crippen molar-refractivity contribution in [2.24, 2.45) is 5.73 Å². The maximum atomic E-state index is 12.3. The van der Waals surface area contributed by atoms with E-state index in [2.05, 4.69) is 9.62 Å². The minimum atomic E-state index is -3.55. The second-order valence-corrected chi connectivity index (χ2v) is 6.84. The van der Waals surface area contributed by atoms with Crippen molar-refractivity contribution in [2.45, 2.75) is 38.1 Å². The van der Waals surface area contributed by atoms with Gasteiger partial charge in [0.05, 0.1) is 0 Å². The van der Waals surface area contributed by atoms with Crippen molar-refractivity contribution in [1.29, 1.82) is 0 Å². The van der Waals surface area contributed by atoms with Crippen LogP contribution in [0.1, 0.15) is 29.9 Å². The van der Waals surface area contributed by atoms with Crippen molar-refractivity contribution in [3.8, 4) is 0 Å². The van der Waals surface area contributed by atoms with Gasteiger partial charge in [-0.15, -0.1) is 0 Å². The Hall–Kier alpha value is -0.890. The minimum Gasteiger partial charge on any atom is -0.465 e. The van der Waals surface area contributed by atoms with Gasteiger partial charge in [-0.1, -0.05) is 0 Å². The molecule has 0 saturated heterocycles.